The van der Waals surface area contributed by atoms with Crippen LogP contribution in [0.15, 0.2) is 12.3 Å². The van der Waals surface area contributed by atoms with Gasteiger partial charge < -0.3 is 10.6 Å². The Morgan fingerprint density at radius 2 is 2.05 bits per heavy atom. The molecule has 0 radical (unpaired) electrons. The quantitative estimate of drug-likeness (QED) is 0.892. The van der Waals surface area contributed by atoms with Gasteiger partial charge in [0, 0.05) is 36.8 Å². The highest BCUT2D eigenvalue weighted by Gasteiger charge is 2.52. The lowest BCUT2D eigenvalue weighted by atomic mass is 9.93. The summed E-state index contributed by atoms with van der Waals surface area (Å²) in [6.07, 6.45) is 4.68. The molecule has 1 atom stereocenters. The van der Waals surface area contributed by atoms with Crippen LogP contribution in [-0.4, -0.2) is 33.9 Å². The van der Waals surface area contributed by atoms with Crippen molar-refractivity contribution in [3.05, 3.63) is 18.0 Å². The maximum Gasteiger partial charge on any atom is 0.226 e. The number of carbonyl (C=O) groups excluding carboxylic acids is 1. The van der Waals surface area contributed by atoms with Crippen molar-refractivity contribution in [3.63, 3.8) is 0 Å². The van der Waals surface area contributed by atoms with E-state index in [4.69, 9.17) is 5.73 Å². The Morgan fingerprint density at radius 1 is 1.40 bits per heavy atom. The number of piperidine rings is 1. The van der Waals surface area contributed by atoms with E-state index in [9.17, 15) is 4.79 Å². The summed E-state index contributed by atoms with van der Waals surface area (Å²) in [5.74, 6) is 1.32. The van der Waals surface area contributed by atoms with E-state index in [1.54, 1.807) is 6.20 Å². The van der Waals surface area contributed by atoms with Crippen LogP contribution in [0, 0.1) is 11.3 Å². The number of anilines is 1. The third-order valence-electron chi connectivity index (χ3n) is 4.73. The molecule has 1 aromatic heterocycles. The number of rotatable bonds is 2. The highest BCUT2D eigenvalue weighted by molar-refractivity contribution is 5.82. The maximum atomic E-state index is 12.4. The molecule has 5 heteroatoms. The lowest BCUT2D eigenvalue weighted by Gasteiger charge is -2.32. The predicted octanol–water partition coefficient (Wildman–Crippen LogP) is 1.81. The summed E-state index contributed by atoms with van der Waals surface area (Å²) in [5, 5.41) is 0. The van der Waals surface area contributed by atoms with E-state index in [2.05, 4.69) is 23.8 Å². The zero-order chi connectivity index (χ0) is 14.3. The van der Waals surface area contributed by atoms with E-state index in [1.165, 1.54) is 0 Å². The van der Waals surface area contributed by atoms with Crippen molar-refractivity contribution >= 4 is 11.9 Å². The largest absolute Gasteiger partial charge is 0.368 e. The highest BCUT2D eigenvalue weighted by Crippen LogP contribution is 2.52. The fourth-order valence-electron chi connectivity index (χ4n) is 3.12. The van der Waals surface area contributed by atoms with Gasteiger partial charge >= 0.3 is 0 Å². The van der Waals surface area contributed by atoms with Gasteiger partial charge in [0.05, 0.1) is 0 Å². The molecule has 108 valence electrons. The molecule has 2 fully saturated rings. The minimum Gasteiger partial charge on any atom is -0.368 e. The molecule has 2 aliphatic rings. The van der Waals surface area contributed by atoms with Crippen LogP contribution in [0.3, 0.4) is 0 Å². The Bertz CT molecular complexity index is 520. The minimum atomic E-state index is 0.217. The predicted molar refractivity (Wildman–Crippen MR) is 76.9 cm³/mol. The standard InChI is InChI=1S/C15H22N4O/c1-15(2)9-11(15)13(20)19-7-4-10(5-8-19)12-3-6-17-14(16)18-12/h3,6,10-11H,4-5,7-9H2,1-2H3,(H2,16,17,18)/t11-/m0/s1. The first-order valence-electron chi connectivity index (χ1n) is 7.34. The smallest absolute Gasteiger partial charge is 0.226 e. The second-order valence-corrected chi connectivity index (χ2v) is 6.68. The van der Waals surface area contributed by atoms with Gasteiger partial charge in [-0.05, 0) is 30.7 Å². The van der Waals surface area contributed by atoms with Crippen molar-refractivity contribution < 1.29 is 4.79 Å². The minimum absolute atomic E-state index is 0.217. The van der Waals surface area contributed by atoms with Crippen molar-refractivity contribution in [2.45, 2.75) is 39.0 Å². The first-order chi connectivity index (χ1) is 9.47. The first kappa shape index (κ1) is 13.3. The molecule has 1 aliphatic heterocycles. The number of likely N-dealkylation sites (tertiary alicyclic amines) is 1. The van der Waals surface area contributed by atoms with Crippen LogP contribution in [0.2, 0.25) is 0 Å². The van der Waals surface area contributed by atoms with Gasteiger partial charge in [-0.15, -0.1) is 0 Å². The second-order valence-electron chi connectivity index (χ2n) is 6.68. The molecule has 0 spiro atoms. The average Bonchev–Trinajstić information content (AvgIpc) is 3.07. The summed E-state index contributed by atoms with van der Waals surface area (Å²) in [6.45, 7) is 6.01. The number of carbonyl (C=O) groups is 1. The Hall–Kier alpha value is -1.65. The zero-order valence-electron chi connectivity index (χ0n) is 12.2. The van der Waals surface area contributed by atoms with Crippen LogP contribution in [0.1, 0.15) is 44.7 Å². The van der Waals surface area contributed by atoms with Gasteiger partial charge in [-0.3, -0.25) is 4.79 Å². The van der Waals surface area contributed by atoms with Gasteiger partial charge in [0.15, 0.2) is 0 Å². The lowest BCUT2D eigenvalue weighted by molar-refractivity contribution is -0.134. The molecule has 20 heavy (non-hydrogen) atoms. The van der Waals surface area contributed by atoms with Crippen molar-refractivity contribution in [2.24, 2.45) is 11.3 Å². The number of aromatic nitrogens is 2. The highest BCUT2D eigenvalue weighted by atomic mass is 16.2. The van der Waals surface area contributed by atoms with E-state index in [1.807, 2.05) is 11.0 Å². The average molecular weight is 274 g/mol. The molecule has 0 bridgehead atoms. The summed E-state index contributed by atoms with van der Waals surface area (Å²) in [6, 6.07) is 1.93. The summed E-state index contributed by atoms with van der Waals surface area (Å²) >= 11 is 0. The molecule has 1 aliphatic carbocycles. The van der Waals surface area contributed by atoms with Gasteiger partial charge in [0.25, 0.3) is 0 Å². The van der Waals surface area contributed by atoms with E-state index < -0.39 is 0 Å². The zero-order valence-corrected chi connectivity index (χ0v) is 12.2. The summed E-state index contributed by atoms with van der Waals surface area (Å²) in [4.78, 5) is 22.6. The Labute approximate surface area is 119 Å². The summed E-state index contributed by atoms with van der Waals surface area (Å²) < 4.78 is 0. The molecule has 2 heterocycles. The SMILES string of the molecule is CC1(C)C[C@H]1C(=O)N1CCC(c2ccnc(N)n2)CC1. The Morgan fingerprint density at radius 3 is 2.60 bits per heavy atom. The fourth-order valence-corrected chi connectivity index (χ4v) is 3.12. The van der Waals surface area contributed by atoms with Crippen molar-refractivity contribution in [2.75, 3.05) is 18.8 Å². The maximum absolute atomic E-state index is 12.4. The third-order valence-corrected chi connectivity index (χ3v) is 4.73. The molecule has 2 N–H and O–H groups in total. The Balaban J connectivity index is 1.59. The van der Waals surface area contributed by atoms with E-state index in [0.29, 0.717) is 17.8 Å². The number of hydrogen-bond donors (Lipinski definition) is 1. The number of nitrogens with two attached hydrogens (primary N) is 1. The molecular formula is C15H22N4O. The van der Waals surface area contributed by atoms with Crippen molar-refractivity contribution in [1.82, 2.24) is 14.9 Å². The fraction of sp³-hybridized carbons (Fsp3) is 0.667. The lowest BCUT2D eigenvalue weighted by Crippen LogP contribution is -2.39. The monoisotopic (exact) mass is 274 g/mol. The van der Waals surface area contributed by atoms with Crippen molar-refractivity contribution in [3.8, 4) is 0 Å². The molecule has 1 saturated carbocycles. The molecular weight excluding hydrogens is 252 g/mol. The van der Waals surface area contributed by atoms with Crippen LogP contribution < -0.4 is 5.73 Å². The second kappa shape index (κ2) is 4.72. The number of hydrogen-bond acceptors (Lipinski definition) is 4. The Kier molecular flexibility index (Phi) is 3.15. The normalized spacial score (nSPS) is 25.5. The molecule has 3 rings (SSSR count). The van der Waals surface area contributed by atoms with Crippen LogP contribution in [0.4, 0.5) is 5.95 Å². The first-order valence-corrected chi connectivity index (χ1v) is 7.34. The van der Waals surface area contributed by atoms with E-state index in [-0.39, 0.29) is 11.3 Å². The summed E-state index contributed by atoms with van der Waals surface area (Å²) in [5.41, 5.74) is 6.86. The van der Waals surface area contributed by atoms with Gasteiger partial charge in [-0.25, -0.2) is 9.97 Å². The van der Waals surface area contributed by atoms with Gasteiger partial charge in [0.2, 0.25) is 11.9 Å². The number of amides is 1. The van der Waals surface area contributed by atoms with Crippen LogP contribution in [0.5, 0.6) is 0 Å². The van der Waals surface area contributed by atoms with Gasteiger partial charge in [0.1, 0.15) is 0 Å². The van der Waals surface area contributed by atoms with E-state index in [0.717, 1.165) is 38.0 Å². The number of nitrogens with zero attached hydrogens (tertiary/aromatic N) is 3. The van der Waals surface area contributed by atoms with Crippen molar-refractivity contribution in [1.29, 1.82) is 0 Å². The molecule has 1 aromatic rings. The molecule has 0 aromatic carbocycles. The van der Waals surface area contributed by atoms with Gasteiger partial charge in [-0.1, -0.05) is 13.8 Å². The molecule has 5 nitrogen and oxygen atoms in total. The van der Waals surface area contributed by atoms with Crippen LogP contribution in [-0.2, 0) is 4.79 Å². The molecule has 0 unspecified atom stereocenters. The summed E-state index contributed by atoms with van der Waals surface area (Å²) in [7, 11) is 0. The number of nitrogen functional groups attached to an aromatic ring is 1. The van der Waals surface area contributed by atoms with Gasteiger partial charge in [-0.2, -0.15) is 0 Å². The molecule has 1 amide bonds. The topological polar surface area (TPSA) is 72.1 Å². The van der Waals surface area contributed by atoms with E-state index >= 15 is 0 Å². The van der Waals surface area contributed by atoms with Crippen LogP contribution in [0.25, 0.3) is 0 Å². The van der Waals surface area contributed by atoms with Crippen LogP contribution >= 0.6 is 0 Å². The third kappa shape index (κ3) is 2.49. The molecule has 1 saturated heterocycles.